The van der Waals surface area contributed by atoms with E-state index in [1.54, 1.807) is 172 Å². The molecule has 0 saturated carbocycles. The summed E-state index contributed by atoms with van der Waals surface area (Å²) in [6, 6.07) is 0. The minimum atomic E-state index is -0.190. The summed E-state index contributed by atoms with van der Waals surface area (Å²) in [6.45, 7) is 12.6. The first-order chi connectivity index (χ1) is 41.8. The minimum absolute atomic E-state index is 0. The van der Waals surface area contributed by atoms with E-state index in [-0.39, 0.29) is 46.5 Å². The molecule has 15 aliphatic carbocycles. The molecule has 2 fully saturated rings. The molecule has 17 aromatic rings. The maximum absolute atomic E-state index is 6.64. The van der Waals surface area contributed by atoms with E-state index in [0.29, 0.717) is 88.2 Å². The molecule has 34 rings (SSSR count). The molecule has 17 aliphatic rings. The van der Waals surface area contributed by atoms with Gasteiger partial charge in [0.2, 0.25) is 0 Å². The first-order valence-corrected chi connectivity index (χ1v) is 32.7. The van der Waals surface area contributed by atoms with Gasteiger partial charge >= 0.3 is 0 Å². The topological polar surface area (TPSA) is 95.4 Å². The Labute approximate surface area is 496 Å². The molecule has 0 radical (unpaired) electrons. The Balaban J connectivity index is 0.00000210. The second-order valence-corrected chi connectivity index (χ2v) is 31.2. The number of halogens is 2. The van der Waals surface area contributed by atoms with E-state index >= 15 is 0 Å². The predicted molar refractivity (Wildman–Crippen MR) is 344 cm³/mol. The van der Waals surface area contributed by atoms with Gasteiger partial charge in [0, 0.05) is 104 Å². The third-order valence-corrected chi connectivity index (χ3v) is 30.7. The van der Waals surface area contributed by atoms with Crippen LogP contribution in [0.25, 0.3) is 189 Å². The first kappa shape index (κ1) is 41.1. The van der Waals surface area contributed by atoms with Gasteiger partial charge < -0.3 is 30.4 Å². The Hall–Kier alpha value is -6.24. The molecule has 2 heterocycles. The van der Waals surface area contributed by atoms with Gasteiger partial charge in [0.15, 0.2) is 0 Å². The van der Waals surface area contributed by atoms with Gasteiger partial charge in [-0.2, -0.15) is 0 Å². The van der Waals surface area contributed by atoms with Crippen molar-refractivity contribution < 1.29 is 18.9 Å². The van der Waals surface area contributed by atoms with Gasteiger partial charge in [-0.25, -0.2) is 0 Å². The highest BCUT2D eigenvalue weighted by atomic mass is 35.5. The van der Waals surface area contributed by atoms with Crippen LogP contribution < -0.4 is 16.7 Å². The van der Waals surface area contributed by atoms with E-state index in [0.717, 1.165) is 52.5 Å². The molecule has 17 aromatic carbocycles. The number of likely N-dealkylation sites (tertiary alicyclic amines) is 2. The average Bonchev–Trinajstić information content (AvgIpc) is 1.38. The van der Waals surface area contributed by atoms with Crippen molar-refractivity contribution in [1.29, 1.82) is 0 Å². The van der Waals surface area contributed by atoms with Crippen molar-refractivity contribution in [3.8, 4) is 11.1 Å². The van der Waals surface area contributed by atoms with Crippen LogP contribution in [0.1, 0.15) is 113 Å². The van der Waals surface area contributed by atoms with E-state index < -0.39 is 0 Å². The largest absolute Gasteiger partial charge is 0.378 e. The maximum atomic E-state index is 6.64. The smallest absolute Gasteiger partial charge is 0.0701 e. The first-order valence-electron chi connectivity index (χ1n) is 32.7. The Morgan fingerprint density at radius 2 is 0.686 bits per heavy atom. The van der Waals surface area contributed by atoms with Crippen LogP contribution in [0.4, 0.5) is 0 Å². The Morgan fingerprint density at radius 3 is 1.31 bits per heavy atom. The fourth-order valence-electron chi connectivity index (χ4n) is 30.9. The lowest BCUT2D eigenvalue weighted by Crippen LogP contribution is -2.60. The molecule has 406 valence electrons. The highest BCUT2D eigenvalue weighted by Crippen LogP contribution is 2.93. The molecule has 4 N–H and O–H groups in total. The van der Waals surface area contributed by atoms with E-state index in [1.165, 1.54) is 0 Å². The molecule has 10 heteroatoms. The Morgan fingerprint density at radius 1 is 0.302 bits per heavy atom. The zero-order valence-corrected chi connectivity index (χ0v) is 47.9. The summed E-state index contributed by atoms with van der Waals surface area (Å²) in [5.74, 6) is 2.36. The number of ether oxygens (including phenoxy) is 4. The monoisotopic (exact) mass is 1150 g/mol. The molecule has 8 nitrogen and oxygen atoms in total. The van der Waals surface area contributed by atoms with Crippen LogP contribution in [0.3, 0.4) is 0 Å². The lowest BCUT2D eigenvalue weighted by Gasteiger charge is -2.60. The fraction of sp³-hybridized carbons (Fsp3) is 0.342. The summed E-state index contributed by atoms with van der Waals surface area (Å²) < 4.78 is 25.1. The van der Waals surface area contributed by atoms with E-state index in [2.05, 4.69) is 9.80 Å². The van der Waals surface area contributed by atoms with Crippen LogP contribution in [0.2, 0.25) is 0 Å². The van der Waals surface area contributed by atoms with Crippen LogP contribution in [-0.4, -0.2) is 115 Å². The zero-order chi connectivity index (χ0) is 51.6. The number of benzene rings is 12. The van der Waals surface area contributed by atoms with Gasteiger partial charge in [-0.15, -0.1) is 24.8 Å². The minimum Gasteiger partial charge on any atom is -0.378 e. The third kappa shape index (κ3) is 2.63. The highest BCUT2D eigenvalue weighted by molar-refractivity contribution is 6.69. The lowest BCUT2D eigenvalue weighted by atomic mass is 9.40. The third-order valence-electron chi connectivity index (χ3n) is 30.7. The second kappa shape index (κ2) is 10.6. The van der Waals surface area contributed by atoms with Crippen molar-refractivity contribution in [3.05, 3.63) is 83.1 Å². The van der Waals surface area contributed by atoms with Gasteiger partial charge in [0.1, 0.15) is 0 Å². The fourth-order valence-corrected chi connectivity index (χ4v) is 30.9. The predicted octanol–water partition coefficient (Wildman–Crippen LogP) is 11.8. The van der Waals surface area contributed by atoms with Crippen molar-refractivity contribution in [2.45, 2.75) is 57.2 Å². The molecular weight excluding hydrogens is 1100 g/mol. The number of nitrogens with two attached hydrogens (primary N) is 2. The van der Waals surface area contributed by atoms with E-state index in [9.17, 15) is 0 Å². The van der Waals surface area contributed by atoms with Crippen molar-refractivity contribution >= 4 is 203 Å². The van der Waals surface area contributed by atoms with Crippen LogP contribution in [0, 0.1) is 0 Å². The highest BCUT2D eigenvalue weighted by Gasteiger charge is 2.84. The summed E-state index contributed by atoms with van der Waals surface area (Å²) in [4.78, 5) is 6.04. The van der Waals surface area contributed by atoms with Crippen LogP contribution in [-0.2, 0) is 40.6 Å². The van der Waals surface area contributed by atoms with Gasteiger partial charge in [-0.05, 0) is 272 Å². The maximum Gasteiger partial charge on any atom is 0.0701 e. The zero-order valence-electron chi connectivity index (χ0n) is 46.3. The van der Waals surface area contributed by atoms with E-state index in [4.69, 9.17) is 30.4 Å². The lowest BCUT2D eigenvalue weighted by molar-refractivity contribution is 0.0425. The van der Waals surface area contributed by atoms with Crippen LogP contribution in [0.15, 0.2) is 0 Å². The summed E-state index contributed by atoms with van der Waals surface area (Å²) >= 11 is 0. The van der Waals surface area contributed by atoms with Crippen LogP contribution >= 0.6 is 24.8 Å². The summed E-state index contributed by atoms with van der Waals surface area (Å²) in [7, 11) is 0. The van der Waals surface area contributed by atoms with Gasteiger partial charge in [-0.1, -0.05) is 0 Å². The molecule has 0 bridgehead atoms. The van der Waals surface area contributed by atoms with Crippen LogP contribution in [0.5, 0.6) is 0 Å². The summed E-state index contributed by atoms with van der Waals surface area (Å²) in [5, 5.41) is 57.5. The van der Waals surface area contributed by atoms with Crippen molar-refractivity contribution in [3.63, 3.8) is 0 Å². The Bertz CT molecular complexity index is 6800. The number of nitrogens with zero attached hydrogens (tertiary/aromatic N) is 2. The number of hydrogen-bond acceptors (Lipinski definition) is 8. The van der Waals surface area contributed by atoms with Gasteiger partial charge in [0.05, 0.1) is 58.3 Å². The summed E-state index contributed by atoms with van der Waals surface area (Å²) in [5.41, 5.74) is 42.8. The molecule has 10 unspecified atom stereocenters. The molecular formula is C76H44Cl2N4O4. The van der Waals surface area contributed by atoms with Crippen molar-refractivity contribution in [1.82, 2.24) is 9.80 Å². The van der Waals surface area contributed by atoms with Crippen molar-refractivity contribution in [2.24, 2.45) is 11.5 Å². The number of hydrogen-bond donors (Lipinski definition) is 2. The standard InChI is InChI=1S/C76H42N4O4.2ClH/c77-1-5-81-9-11-83-7-3-79-13-73-65-49-33-21-19-17-18-20-22-24-29-39-27(20)37(25(17)33)53(65)55(39)67-57-41(29)32-36(24)52-50-34(22)26(18)38-28(19)40-30-23(21)35-31-42(30)58-62-46-43(31)59(69(73)51(35)49)63-47(46)48-45(61(57)71(63)75(67,73)15-79)44(32)60-64(48)72(62)76-16-80(4-8-84-12-10-82-6-2-78)14-74(76,70(52)60)66(50)54(38)56(40)68(58)76;;/h41,54,57,64,66,72H,1-16,77-78H2;2*1H. The molecule has 2 saturated heterocycles. The second-order valence-electron chi connectivity index (χ2n) is 31.2. The van der Waals surface area contributed by atoms with Gasteiger partial charge in [-0.3, -0.25) is 9.80 Å². The van der Waals surface area contributed by atoms with Gasteiger partial charge in [0.25, 0.3) is 0 Å². The quantitative estimate of drug-likeness (QED) is 0.0730. The number of rotatable bonds is 16. The normalized spacial score (nSPS) is 31.8. The molecule has 10 atom stereocenters. The molecule has 86 heavy (non-hydrogen) atoms. The molecule has 0 aromatic heterocycles. The molecule has 4 spiro atoms. The van der Waals surface area contributed by atoms with E-state index in [1.807, 2.05) is 100.0 Å². The van der Waals surface area contributed by atoms with Crippen molar-refractivity contribution in [2.75, 3.05) is 105 Å². The molecule has 2 aliphatic heterocycles. The SMILES string of the molecule is Cl.Cl.NCCOCCOCCN1CC23C4=c5c6c7c8c9c%10c%11c%12c%13c9c9c%14c%15c%16c%17c%18c%19c%20c%21c%22c%23c%24c(c-%11c(c2c%24c2c%11c%24c%25c(c5c5c6c(c8%14)c%15c6c%17c(c%25c56)c5c%18c%21c(c%232)c%245)C%113C1)C4C%107)C%12C%22C%201CN(CCOCCOCCN)CC%131C9C%19%16. The average molecular weight is 1150 g/mol. The summed E-state index contributed by atoms with van der Waals surface area (Å²) in [6.07, 6.45) is 0. The molecule has 0 amide bonds. The Kier molecular flexibility index (Phi) is 5.07.